The summed E-state index contributed by atoms with van der Waals surface area (Å²) in [6, 6.07) is 18.0. The van der Waals surface area contributed by atoms with Gasteiger partial charge in [0.15, 0.2) is 0 Å². The van der Waals surface area contributed by atoms with Crippen molar-refractivity contribution < 1.29 is 14.6 Å². The van der Waals surface area contributed by atoms with Crippen molar-refractivity contribution in [3.63, 3.8) is 0 Å². The number of rotatable bonds is 6. The quantitative estimate of drug-likeness (QED) is 0.304. The Hall–Kier alpha value is -2.22. The van der Waals surface area contributed by atoms with Crippen LogP contribution in [0.25, 0.3) is 21.8 Å². The summed E-state index contributed by atoms with van der Waals surface area (Å²) in [6.07, 6.45) is -1.10. The Balaban J connectivity index is 1.91. The maximum absolute atomic E-state index is 10.8. The van der Waals surface area contributed by atoms with Gasteiger partial charge in [0.25, 0.3) is 0 Å². The third-order valence-corrected chi connectivity index (χ3v) is 6.16. The summed E-state index contributed by atoms with van der Waals surface area (Å²) >= 11 is 7.17. The molecule has 0 saturated carbocycles. The maximum Gasteiger partial charge on any atom is 0.145 e. The van der Waals surface area contributed by atoms with Crippen LogP contribution < -0.4 is 14.8 Å². The predicted molar refractivity (Wildman–Crippen MR) is 129 cm³/mol. The van der Waals surface area contributed by atoms with Gasteiger partial charge in [-0.15, -0.1) is 0 Å². The lowest BCUT2D eigenvalue weighted by Crippen LogP contribution is -2.28. The highest BCUT2D eigenvalue weighted by molar-refractivity contribution is 9.10. The van der Waals surface area contributed by atoms with Crippen molar-refractivity contribution in [3.05, 3.63) is 63.5 Å². The van der Waals surface area contributed by atoms with Gasteiger partial charge in [-0.25, -0.2) is 0 Å². The van der Waals surface area contributed by atoms with E-state index in [1.54, 1.807) is 21.1 Å². The number of anilines is 1. The number of nitrogens with one attached hydrogen (secondary N) is 1. The van der Waals surface area contributed by atoms with Crippen LogP contribution >= 0.6 is 31.9 Å². The van der Waals surface area contributed by atoms with Gasteiger partial charge in [0.05, 0.1) is 37.0 Å². The zero-order valence-corrected chi connectivity index (χ0v) is 20.0. The molecule has 0 bridgehead atoms. The molecule has 30 heavy (non-hydrogen) atoms. The lowest BCUT2D eigenvalue weighted by Gasteiger charge is -2.27. The third kappa shape index (κ3) is 3.77. The fourth-order valence-corrected chi connectivity index (χ4v) is 4.50. The molecule has 4 aromatic rings. The molecule has 0 aliphatic carbocycles. The van der Waals surface area contributed by atoms with Crippen LogP contribution in [-0.4, -0.2) is 30.0 Å². The molecule has 3 aromatic carbocycles. The van der Waals surface area contributed by atoms with Crippen molar-refractivity contribution in [2.75, 3.05) is 19.5 Å². The third-order valence-electron chi connectivity index (χ3n) is 5.17. The molecule has 2 unspecified atom stereocenters. The average molecular weight is 534 g/mol. The molecule has 2 atom stereocenters. The van der Waals surface area contributed by atoms with E-state index < -0.39 is 12.3 Å². The van der Waals surface area contributed by atoms with E-state index in [2.05, 4.69) is 66.0 Å². The Morgan fingerprint density at radius 3 is 1.97 bits per heavy atom. The Morgan fingerprint density at radius 1 is 0.867 bits per heavy atom. The van der Waals surface area contributed by atoms with Gasteiger partial charge in [-0.1, -0.05) is 31.9 Å². The topological polar surface area (TPSA) is 55.6 Å². The van der Waals surface area contributed by atoms with Crippen LogP contribution in [0, 0.1) is 0 Å². The molecule has 1 heterocycles. The number of halogens is 2. The molecule has 0 fully saturated rings. The van der Waals surface area contributed by atoms with E-state index in [4.69, 9.17) is 9.47 Å². The number of aromatic nitrogens is 1. The molecule has 0 radical (unpaired) electrons. The van der Waals surface area contributed by atoms with Crippen LogP contribution in [-0.2, 0) is 0 Å². The maximum atomic E-state index is 10.8. The Morgan fingerprint density at radius 2 is 1.47 bits per heavy atom. The van der Waals surface area contributed by atoms with E-state index in [0.29, 0.717) is 11.5 Å². The number of nitrogens with zero attached hydrogens (tertiary/aromatic N) is 1. The van der Waals surface area contributed by atoms with Crippen LogP contribution in [0.15, 0.2) is 63.5 Å². The first-order valence-electron chi connectivity index (χ1n) is 9.48. The van der Waals surface area contributed by atoms with E-state index >= 15 is 0 Å². The molecule has 0 aliphatic heterocycles. The van der Waals surface area contributed by atoms with Gasteiger partial charge in [0, 0.05) is 25.8 Å². The predicted octanol–water partition coefficient (Wildman–Crippen LogP) is 6.33. The monoisotopic (exact) mass is 532 g/mol. The number of methoxy groups -OCH3 is 2. The normalized spacial score (nSPS) is 13.4. The van der Waals surface area contributed by atoms with Crippen molar-refractivity contribution in [2.24, 2.45) is 0 Å². The number of fused-ring (bicyclic) bond motifs is 3. The van der Waals surface area contributed by atoms with E-state index in [1.165, 1.54) is 0 Å². The first-order valence-corrected chi connectivity index (χ1v) is 11.1. The van der Waals surface area contributed by atoms with Gasteiger partial charge in [-0.3, -0.25) is 0 Å². The Labute approximate surface area is 191 Å². The Kier molecular flexibility index (Phi) is 5.95. The Bertz CT molecular complexity index is 1160. The fraction of sp³-hybridized carbons (Fsp3) is 0.217. The van der Waals surface area contributed by atoms with Crippen LogP contribution in [0.2, 0.25) is 0 Å². The van der Waals surface area contributed by atoms with Gasteiger partial charge >= 0.3 is 0 Å². The number of aliphatic hydroxyl groups excluding tert-OH is 1. The van der Waals surface area contributed by atoms with Gasteiger partial charge in [0.1, 0.15) is 17.7 Å². The highest BCUT2D eigenvalue weighted by Crippen LogP contribution is 2.38. The average Bonchev–Trinajstić information content (AvgIpc) is 3.04. The standard InChI is InChI=1S/C23H22Br2N2O3/c1-13(28)23(26-19-7-6-16(29-2)12-22(19)30-3)27-20-8-4-14(24)10-17(20)18-11-15(25)5-9-21(18)27/h4-13,23,26,28H,1-3H3. The molecule has 7 heteroatoms. The molecule has 0 saturated heterocycles. The van der Waals surface area contributed by atoms with Crippen molar-refractivity contribution in [2.45, 2.75) is 19.2 Å². The molecule has 0 amide bonds. The van der Waals surface area contributed by atoms with Crippen LogP contribution in [0.5, 0.6) is 11.5 Å². The molecule has 1 aromatic heterocycles. The lowest BCUT2D eigenvalue weighted by molar-refractivity contribution is 0.147. The number of benzene rings is 3. The lowest BCUT2D eigenvalue weighted by atomic mass is 10.2. The summed E-state index contributed by atoms with van der Waals surface area (Å²) in [6.45, 7) is 1.78. The van der Waals surface area contributed by atoms with E-state index in [-0.39, 0.29) is 0 Å². The minimum absolute atomic E-state index is 0.422. The summed E-state index contributed by atoms with van der Waals surface area (Å²) in [5, 5.41) is 16.5. The minimum Gasteiger partial charge on any atom is -0.497 e. The van der Waals surface area contributed by atoms with Crippen LogP contribution in [0.1, 0.15) is 13.1 Å². The summed E-state index contributed by atoms with van der Waals surface area (Å²) in [7, 11) is 3.24. The molecule has 4 rings (SSSR count). The molecule has 5 nitrogen and oxygen atoms in total. The fourth-order valence-electron chi connectivity index (χ4n) is 3.78. The summed E-state index contributed by atoms with van der Waals surface area (Å²) < 4.78 is 15.0. The molecular weight excluding hydrogens is 512 g/mol. The van der Waals surface area contributed by atoms with Crippen molar-refractivity contribution in [1.82, 2.24) is 4.57 Å². The van der Waals surface area contributed by atoms with E-state index in [1.807, 2.05) is 30.3 Å². The first-order chi connectivity index (χ1) is 14.4. The highest BCUT2D eigenvalue weighted by atomic mass is 79.9. The number of hydrogen-bond donors (Lipinski definition) is 2. The molecule has 2 N–H and O–H groups in total. The van der Waals surface area contributed by atoms with Crippen molar-refractivity contribution in [3.8, 4) is 11.5 Å². The molecule has 0 spiro atoms. The molecular formula is C23H22Br2N2O3. The van der Waals surface area contributed by atoms with E-state index in [0.717, 1.165) is 36.4 Å². The van der Waals surface area contributed by atoms with Gasteiger partial charge in [-0.05, 0) is 55.5 Å². The zero-order valence-electron chi connectivity index (χ0n) is 16.8. The largest absolute Gasteiger partial charge is 0.497 e. The summed E-state index contributed by atoms with van der Waals surface area (Å²) in [4.78, 5) is 0. The van der Waals surface area contributed by atoms with Crippen LogP contribution in [0.4, 0.5) is 5.69 Å². The second-order valence-corrected chi connectivity index (χ2v) is 8.92. The molecule has 0 aliphatic rings. The molecule has 156 valence electrons. The smallest absolute Gasteiger partial charge is 0.145 e. The van der Waals surface area contributed by atoms with Crippen LogP contribution in [0.3, 0.4) is 0 Å². The SMILES string of the molecule is COc1ccc(NC(C(C)O)n2c3ccc(Br)cc3c3cc(Br)ccc32)c(OC)c1. The van der Waals surface area contributed by atoms with E-state index in [9.17, 15) is 5.11 Å². The highest BCUT2D eigenvalue weighted by Gasteiger charge is 2.24. The first kappa shape index (κ1) is 21.0. The second kappa shape index (κ2) is 8.49. The van der Waals surface area contributed by atoms with Gasteiger partial charge < -0.3 is 24.5 Å². The van der Waals surface area contributed by atoms with Gasteiger partial charge in [0.2, 0.25) is 0 Å². The number of aliphatic hydroxyl groups is 1. The summed E-state index contributed by atoms with van der Waals surface area (Å²) in [5.41, 5.74) is 2.82. The van der Waals surface area contributed by atoms with Gasteiger partial charge in [-0.2, -0.15) is 0 Å². The number of hydrogen-bond acceptors (Lipinski definition) is 4. The summed E-state index contributed by atoms with van der Waals surface area (Å²) in [5.74, 6) is 1.35. The van der Waals surface area contributed by atoms with Crippen molar-refractivity contribution in [1.29, 1.82) is 0 Å². The minimum atomic E-state index is -0.678. The second-order valence-electron chi connectivity index (χ2n) is 7.09. The number of ether oxygens (including phenoxy) is 2. The van der Waals surface area contributed by atoms with Crippen molar-refractivity contribution >= 4 is 59.4 Å². The zero-order chi connectivity index (χ0) is 21.4.